The molecule has 84 valence electrons. The predicted octanol–water partition coefficient (Wildman–Crippen LogP) is -0.718. The second-order valence-corrected chi connectivity index (χ2v) is 4.14. The molecular formula is C9H21N3O2. The third-order valence-electron chi connectivity index (χ3n) is 1.80. The van der Waals surface area contributed by atoms with E-state index in [0.717, 1.165) is 0 Å². The van der Waals surface area contributed by atoms with Gasteiger partial charge in [0.05, 0.1) is 12.1 Å². The van der Waals surface area contributed by atoms with Gasteiger partial charge in [0.25, 0.3) is 0 Å². The topological polar surface area (TPSA) is 55.8 Å². The Morgan fingerprint density at radius 1 is 1.43 bits per heavy atom. The van der Waals surface area contributed by atoms with E-state index < -0.39 is 5.60 Å². The summed E-state index contributed by atoms with van der Waals surface area (Å²) in [5.74, 6) is -0.0241. The monoisotopic (exact) mass is 203 g/mol. The number of nitrogens with one attached hydrogen (secondary N) is 1. The van der Waals surface area contributed by atoms with Gasteiger partial charge in [-0.3, -0.25) is 10.2 Å². The number of aliphatic hydroxyl groups is 1. The molecule has 0 aromatic heterocycles. The minimum atomic E-state index is -0.845. The molecule has 0 radical (unpaired) electrons. The van der Waals surface area contributed by atoms with Crippen LogP contribution >= 0.6 is 0 Å². The molecule has 0 aliphatic carbocycles. The summed E-state index contributed by atoms with van der Waals surface area (Å²) in [5.41, 5.74) is 1.99. The molecule has 2 N–H and O–H groups in total. The van der Waals surface area contributed by atoms with E-state index in [0.29, 0.717) is 13.1 Å². The fraction of sp³-hybridized carbons (Fsp3) is 0.889. The lowest BCUT2D eigenvalue weighted by atomic mass is 10.1. The molecule has 0 bridgehead atoms. The van der Waals surface area contributed by atoms with Crippen molar-refractivity contribution in [2.45, 2.75) is 19.4 Å². The lowest BCUT2D eigenvalue weighted by Gasteiger charge is -2.27. The Kier molecular flexibility index (Phi) is 5.04. The Bertz CT molecular complexity index is 189. The number of carbonyl (C=O) groups is 1. The molecule has 0 rings (SSSR count). The van der Waals surface area contributed by atoms with Gasteiger partial charge in [-0.05, 0) is 20.9 Å². The average Bonchev–Trinajstić information content (AvgIpc) is 2.00. The standard InChI is InChI=1S/C9H21N3O2/c1-9(2,14)7-11(4)8(13)6-12(5)10-3/h10,14H,6-7H2,1-5H3. The lowest BCUT2D eigenvalue weighted by Crippen LogP contribution is -2.45. The summed E-state index contributed by atoms with van der Waals surface area (Å²) in [6.07, 6.45) is 0. The van der Waals surface area contributed by atoms with Crippen LogP contribution in [0.25, 0.3) is 0 Å². The van der Waals surface area contributed by atoms with Crippen molar-refractivity contribution in [1.82, 2.24) is 15.3 Å². The van der Waals surface area contributed by atoms with E-state index in [2.05, 4.69) is 5.43 Å². The molecule has 14 heavy (non-hydrogen) atoms. The quantitative estimate of drug-likeness (QED) is 0.579. The van der Waals surface area contributed by atoms with E-state index in [1.807, 2.05) is 0 Å². The van der Waals surface area contributed by atoms with Crippen molar-refractivity contribution in [2.24, 2.45) is 0 Å². The molecule has 0 aromatic rings. The van der Waals surface area contributed by atoms with Gasteiger partial charge in [0.15, 0.2) is 0 Å². The fourth-order valence-electron chi connectivity index (χ4n) is 1.07. The Labute approximate surface area is 85.7 Å². The number of nitrogens with zero attached hydrogens (tertiary/aromatic N) is 2. The summed E-state index contributed by atoms with van der Waals surface area (Å²) in [6, 6.07) is 0. The van der Waals surface area contributed by atoms with Crippen LogP contribution in [-0.4, -0.2) is 60.8 Å². The van der Waals surface area contributed by atoms with Crippen molar-refractivity contribution in [2.75, 3.05) is 34.2 Å². The third-order valence-corrected chi connectivity index (χ3v) is 1.80. The Morgan fingerprint density at radius 3 is 2.29 bits per heavy atom. The smallest absolute Gasteiger partial charge is 0.238 e. The summed E-state index contributed by atoms with van der Waals surface area (Å²) in [4.78, 5) is 13.0. The summed E-state index contributed by atoms with van der Waals surface area (Å²) in [5, 5.41) is 11.2. The summed E-state index contributed by atoms with van der Waals surface area (Å²) >= 11 is 0. The van der Waals surface area contributed by atoms with Crippen molar-refractivity contribution in [1.29, 1.82) is 0 Å². The third kappa shape index (κ3) is 5.90. The Morgan fingerprint density at radius 2 is 1.93 bits per heavy atom. The maximum Gasteiger partial charge on any atom is 0.238 e. The predicted molar refractivity (Wildman–Crippen MR) is 55.6 cm³/mol. The van der Waals surface area contributed by atoms with Gasteiger partial charge in [-0.2, -0.15) is 0 Å². The van der Waals surface area contributed by atoms with Crippen LogP contribution < -0.4 is 5.43 Å². The van der Waals surface area contributed by atoms with Crippen LogP contribution in [-0.2, 0) is 4.79 Å². The highest BCUT2D eigenvalue weighted by Gasteiger charge is 2.19. The number of hydrogen-bond donors (Lipinski definition) is 2. The van der Waals surface area contributed by atoms with Crippen LogP contribution in [0.4, 0.5) is 0 Å². The second kappa shape index (κ2) is 5.29. The first-order valence-electron chi connectivity index (χ1n) is 4.61. The van der Waals surface area contributed by atoms with E-state index in [1.165, 1.54) is 4.90 Å². The zero-order chi connectivity index (χ0) is 11.4. The molecule has 0 aliphatic rings. The number of amides is 1. The number of likely N-dealkylation sites (N-methyl/N-ethyl adjacent to an activating group) is 2. The van der Waals surface area contributed by atoms with E-state index in [4.69, 9.17) is 0 Å². The van der Waals surface area contributed by atoms with Gasteiger partial charge in [-0.15, -0.1) is 0 Å². The molecule has 0 aliphatic heterocycles. The van der Waals surface area contributed by atoms with Crippen molar-refractivity contribution in [3.8, 4) is 0 Å². The highest BCUT2D eigenvalue weighted by molar-refractivity contribution is 5.77. The molecular weight excluding hydrogens is 182 g/mol. The zero-order valence-electron chi connectivity index (χ0n) is 9.66. The van der Waals surface area contributed by atoms with Gasteiger partial charge in [0.2, 0.25) is 5.91 Å². The molecule has 0 saturated carbocycles. The molecule has 0 spiro atoms. The highest BCUT2D eigenvalue weighted by Crippen LogP contribution is 2.03. The van der Waals surface area contributed by atoms with Gasteiger partial charge >= 0.3 is 0 Å². The van der Waals surface area contributed by atoms with Crippen molar-refractivity contribution >= 4 is 5.91 Å². The minimum Gasteiger partial charge on any atom is -0.389 e. The highest BCUT2D eigenvalue weighted by atomic mass is 16.3. The summed E-state index contributed by atoms with van der Waals surface area (Å²) in [7, 11) is 5.23. The van der Waals surface area contributed by atoms with Gasteiger partial charge in [-0.25, -0.2) is 5.01 Å². The molecule has 5 nitrogen and oxygen atoms in total. The summed E-state index contributed by atoms with van der Waals surface area (Å²) in [6.45, 7) is 3.99. The van der Waals surface area contributed by atoms with Gasteiger partial charge < -0.3 is 10.0 Å². The Hall–Kier alpha value is -0.650. The van der Waals surface area contributed by atoms with Gasteiger partial charge in [0, 0.05) is 20.6 Å². The van der Waals surface area contributed by atoms with Crippen LogP contribution in [0.5, 0.6) is 0 Å². The first-order chi connectivity index (χ1) is 6.26. The maximum absolute atomic E-state index is 11.5. The SMILES string of the molecule is CNN(C)CC(=O)N(C)CC(C)(C)O. The van der Waals surface area contributed by atoms with E-state index in [-0.39, 0.29) is 5.91 Å². The van der Waals surface area contributed by atoms with Crippen LogP contribution in [0.3, 0.4) is 0 Å². The van der Waals surface area contributed by atoms with Gasteiger partial charge in [0.1, 0.15) is 0 Å². The Balaban J connectivity index is 4.00. The molecule has 0 fully saturated rings. The normalized spacial score (nSPS) is 11.9. The minimum absolute atomic E-state index is 0.0241. The second-order valence-electron chi connectivity index (χ2n) is 4.14. The van der Waals surface area contributed by atoms with Crippen molar-refractivity contribution in [3.05, 3.63) is 0 Å². The molecule has 0 atom stereocenters. The van der Waals surface area contributed by atoms with Crippen LogP contribution in [0.1, 0.15) is 13.8 Å². The molecule has 0 unspecified atom stereocenters. The number of rotatable bonds is 5. The first kappa shape index (κ1) is 13.4. The maximum atomic E-state index is 11.5. The number of hydrogen-bond acceptors (Lipinski definition) is 4. The fourth-order valence-corrected chi connectivity index (χ4v) is 1.07. The molecule has 0 aromatic carbocycles. The van der Waals surface area contributed by atoms with Gasteiger partial charge in [-0.1, -0.05) is 0 Å². The van der Waals surface area contributed by atoms with Crippen LogP contribution in [0.2, 0.25) is 0 Å². The molecule has 5 heteroatoms. The summed E-state index contributed by atoms with van der Waals surface area (Å²) < 4.78 is 0. The molecule has 0 heterocycles. The van der Waals surface area contributed by atoms with Crippen molar-refractivity contribution < 1.29 is 9.90 Å². The first-order valence-corrected chi connectivity index (χ1v) is 4.61. The van der Waals surface area contributed by atoms with E-state index >= 15 is 0 Å². The number of hydrazine groups is 1. The zero-order valence-corrected chi connectivity index (χ0v) is 9.66. The molecule has 1 amide bonds. The van der Waals surface area contributed by atoms with Crippen LogP contribution in [0, 0.1) is 0 Å². The van der Waals surface area contributed by atoms with E-state index in [9.17, 15) is 9.90 Å². The van der Waals surface area contributed by atoms with Crippen LogP contribution in [0.15, 0.2) is 0 Å². The number of carbonyl (C=O) groups excluding carboxylic acids is 1. The van der Waals surface area contributed by atoms with E-state index in [1.54, 1.807) is 40.0 Å². The largest absolute Gasteiger partial charge is 0.389 e. The van der Waals surface area contributed by atoms with Crippen molar-refractivity contribution in [3.63, 3.8) is 0 Å². The molecule has 0 saturated heterocycles. The lowest BCUT2D eigenvalue weighted by molar-refractivity contribution is -0.134. The average molecular weight is 203 g/mol.